The number of hydrogen-bond donors (Lipinski definition) is 2. The number of aromatic nitrogens is 2. The summed E-state index contributed by atoms with van der Waals surface area (Å²) in [6.45, 7) is 0. The molecule has 31 heavy (non-hydrogen) atoms. The van der Waals surface area contributed by atoms with E-state index in [9.17, 15) is 9.18 Å². The van der Waals surface area contributed by atoms with E-state index in [0.29, 0.717) is 22.5 Å². The fraction of sp³-hybridized carbons (Fsp3) is 0.571. The van der Waals surface area contributed by atoms with E-state index >= 15 is 0 Å². The Kier molecular flexibility index (Phi) is 13.9. The lowest BCUT2D eigenvalue weighted by Crippen LogP contribution is -2.36. The third-order valence-electron chi connectivity index (χ3n) is 4.37. The molecular weight excluding hydrogens is 423 g/mol. The van der Waals surface area contributed by atoms with Crippen molar-refractivity contribution in [2.24, 2.45) is 0 Å². The fourth-order valence-electron chi connectivity index (χ4n) is 2.86. The maximum Gasteiger partial charge on any atom is 0.273 e. The summed E-state index contributed by atoms with van der Waals surface area (Å²) in [5, 5.41) is 6.90. The summed E-state index contributed by atoms with van der Waals surface area (Å²) in [6.07, 6.45) is 10.9. The molecule has 0 saturated heterocycles. The van der Waals surface area contributed by atoms with Gasteiger partial charge in [0.1, 0.15) is 11.6 Å². The van der Waals surface area contributed by atoms with Gasteiger partial charge in [-0.05, 0) is 52.9 Å². The molecule has 0 aliphatic heterocycles. The van der Waals surface area contributed by atoms with Crippen molar-refractivity contribution >= 4 is 18.5 Å². The molecule has 178 valence electrons. The molecule has 2 aromatic rings. The number of halogens is 1. The summed E-state index contributed by atoms with van der Waals surface area (Å²) < 4.78 is 17.2. The van der Waals surface area contributed by atoms with E-state index in [4.69, 9.17) is 4.52 Å². The lowest BCUT2D eigenvalue weighted by Gasteiger charge is -2.22. The van der Waals surface area contributed by atoms with Crippen molar-refractivity contribution in [3.63, 3.8) is 0 Å². The molecule has 0 aromatic carbocycles. The zero-order chi connectivity index (χ0) is 21.2. The minimum absolute atomic E-state index is 0. The van der Waals surface area contributed by atoms with E-state index in [-0.39, 0.29) is 24.1 Å². The normalized spacial score (nSPS) is 15.3. The zero-order valence-electron chi connectivity index (χ0n) is 18.4. The van der Waals surface area contributed by atoms with Gasteiger partial charge in [0.2, 0.25) is 0 Å². The second-order valence-corrected chi connectivity index (χ2v) is 8.42. The second kappa shape index (κ2) is 14.9. The number of amides is 1. The Balaban J connectivity index is 0. The van der Waals surface area contributed by atoms with Gasteiger partial charge in [-0.1, -0.05) is 24.4 Å². The first-order valence-corrected chi connectivity index (χ1v) is 10.5. The first kappa shape index (κ1) is 29.0. The summed E-state index contributed by atoms with van der Waals surface area (Å²) >= 11 is 3.85. The average molecular weight is 461 g/mol. The smallest absolute Gasteiger partial charge is 0.273 e. The summed E-state index contributed by atoms with van der Waals surface area (Å²) in [6, 6.07) is 3.43. The predicted molar refractivity (Wildman–Crippen MR) is 123 cm³/mol. The highest BCUT2D eigenvalue weighted by Gasteiger charge is 2.29. The van der Waals surface area contributed by atoms with E-state index in [1.54, 1.807) is 6.07 Å². The molecule has 1 amide bonds. The molecule has 0 unspecified atom stereocenters. The number of hydrogen-bond acceptors (Lipinski definition) is 6. The molecule has 2 heterocycles. The van der Waals surface area contributed by atoms with Crippen LogP contribution in [0.3, 0.4) is 0 Å². The Hall–Kier alpha value is -2.01. The van der Waals surface area contributed by atoms with Gasteiger partial charge >= 0.3 is 0 Å². The van der Waals surface area contributed by atoms with E-state index in [1.807, 2.05) is 26.0 Å². The summed E-state index contributed by atoms with van der Waals surface area (Å²) in [5.74, 6) is 0.961. The van der Waals surface area contributed by atoms with E-state index in [1.165, 1.54) is 44.4 Å². The van der Waals surface area contributed by atoms with Crippen LogP contribution in [0.5, 0.6) is 0 Å². The summed E-state index contributed by atoms with van der Waals surface area (Å²) in [7, 11) is 6.00. The molecule has 0 spiro atoms. The molecular formula is C21H37FN4O4S. The summed E-state index contributed by atoms with van der Waals surface area (Å²) in [4.78, 5) is 18.0. The van der Waals surface area contributed by atoms with Gasteiger partial charge in [0.15, 0.2) is 5.69 Å². The van der Waals surface area contributed by atoms with Crippen LogP contribution in [-0.2, 0) is 0 Å². The van der Waals surface area contributed by atoms with E-state index in [2.05, 4.69) is 28.1 Å². The molecule has 2 aliphatic rings. The number of carbonyl (C=O) groups excluding carboxylic acids is 1. The molecule has 5 N–H and O–H groups in total. The van der Waals surface area contributed by atoms with Crippen LogP contribution in [-0.4, -0.2) is 59.1 Å². The van der Waals surface area contributed by atoms with Gasteiger partial charge in [0.05, 0.1) is 6.20 Å². The SMILES string of the molecule is CN(C)C.Fc1cncc(S)c1.O.O.O=C(NC1CCCCC1)c1cc(C2CC2)on1.[HH]. The van der Waals surface area contributed by atoms with Crippen LogP contribution in [0.25, 0.3) is 0 Å². The average Bonchev–Trinajstić information content (AvgIpc) is 3.39. The Morgan fingerprint density at radius 2 is 1.74 bits per heavy atom. The van der Waals surface area contributed by atoms with Gasteiger partial charge in [-0.3, -0.25) is 9.78 Å². The molecule has 8 nitrogen and oxygen atoms in total. The van der Waals surface area contributed by atoms with Gasteiger partial charge in [-0.15, -0.1) is 12.6 Å². The van der Waals surface area contributed by atoms with E-state index in [0.717, 1.165) is 24.8 Å². The lowest BCUT2D eigenvalue weighted by atomic mass is 9.95. The molecule has 2 fully saturated rings. The fourth-order valence-corrected chi connectivity index (χ4v) is 3.05. The van der Waals surface area contributed by atoms with Crippen LogP contribution in [0.2, 0.25) is 0 Å². The van der Waals surface area contributed by atoms with Gasteiger partial charge in [-0.2, -0.15) is 0 Å². The van der Waals surface area contributed by atoms with Gasteiger partial charge in [0.25, 0.3) is 5.91 Å². The lowest BCUT2D eigenvalue weighted by molar-refractivity contribution is 0.0918. The Morgan fingerprint density at radius 3 is 2.23 bits per heavy atom. The third kappa shape index (κ3) is 11.8. The monoisotopic (exact) mass is 460 g/mol. The number of nitrogens with zero attached hydrogens (tertiary/aromatic N) is 3. The van der Waals surface area contributed by atoms with Crippen LogP contribution in [0.1, 0.15) is 68.5 Å². The third-order valence-corrected chi connectivity index (χ3v) is 4.62. The Bertz CT molecular complexity index is 752. The minimum atomic E-state index is -0.350. The number of pyridine rings is 1. The topological polar surface area (TPSA) is 134 Å². The summed E-state index contributed by atoms with van der Waals surface area (Å²) in [5.41, 5.74) is 0.442. The van der Waals surface area contributed by atoms with Crippen molar-refractivity contribution in [1.82, 2.24) is 20.4 Å². The highest BCUT2D eigenvalue weighted by atomic mass is 32.1. The zero-order valence-corrected chi connectivity index (χ0v) is 19.3. The van der Waals surface area contributed by atoms with Crippen LogP contribution < -0.4 is 5.32 Å². The van der Waals surface area contributed by atoms with Crippen LogP contribution >= 0.6 is 12.6 Å². The predicted octanol–water partition coefficient (Wildman–Crippen LogP) is 2.90. The van der Waals surface area contributed by atoms with Gasteiger partial charge in [0, 0.05) is 30.5 Å². The van der Waals surface area contributed by atoms with Crippen molar-refractivity contribution in [3.8, 4) is 0 Å². The minimum Gasteiger partial charge on any atom is -0.412 e. The molecule has 2 aromatic heterocycles. The molecule has 0 atom stereocenters. The molecule has 0 bridgehead atoms. The molecule has 2 aliphatic carbocycles. The maximum absolute atomic E-state index is 12.1. The largest absolute Gasteiger partial charge is 0.412 e. The number of thiol groups is 1. The molecule has 10 heteroatoms. The van der Waals surface area contributed by atoms with Gasteiger partial charge < -0.3 is 25.7 Å². The quantitative estimate of drug-likeness (QED) is 0.679. The first-order chi connectivity index (χ1) is 13.8. The number of carbonyl (C=O) groups is 1. The Labute approximate surface area is 190 Å². The highest BCUT2D eigenvalue weighted by Crippen LogP contribution is 2.40. The number of rotatable bonds is 3. The van der Waals surface area contributed by atoms with Crippen LogP contribution in [0, 0.1) is 5.82 Å². The second-order valence-electron chi connectivity index (χ2n) is 7.90. The van der Waals surface area contributed by atoms with Crippen molar-refractivity contribution in [2.75, 3.05) is 21.1 Å². The van der Waals surface area contributed by atoms with Crippen molar-refractivity contribution < 1.29 is 26.1 Å². The Morgan fingerprint density at radius 1 is 1.13 bits per heavy atom. The van der Waals surface area contributed by atoms with E-state index < -0.39 is 0 Å². The first-order valence-electron chi connectivity index (χ1n) is 10.0. The van der Waals surface area contributed by atoms with Crippen LogP contribution in [0.15, 0.2) is 33.9 Å². The molecule has 4 rings (SSSR count). The molecule has 0 radical (unpaired) electrons. The maximum atomic E-state index is 12.1. The van der Waals surface area contributed by atoms with Crippen molar-refractivity contribution in [1.29, 1.82) is 0 Å². The standard InChI is InChI=1S/C13H18N2O2.C5H4FNS.C3H9N.2H2O.H2/c16-13(14-10-4-2-1-3-5-10)11-8-12(17-15-11)9-6-7-9;6-4-1-5(8)3-7-2-4;1-4(2)3;;;/h8-10H,1-7H2,(H,14,16);1-3,8H;1-3H3;2*1H2;1H. The highest BCUT2D eigenvalue weighted by molar-refractivity contribution is 7.80. The van der Waals surface area contributed by atoms with Crippen molar-refractivity contribution in [2.45, 2.75) is 61.8 Å². The van der Waals surface area contributed by atoms with Crippen molar-refractivity contribution in [3.05, 3.63) is 41.8 Å². The molecule has 2 saturated carbocycles. The van der Waals surface area contributed by atoms with Crippen LogP contribution in [0.4, 0.5) is 4.39 Å². The number of nitrogens with one attached hydrogen (secondary N) is 1. The van der Waals surface area contributed by atoms with Gasteiger partial charge in [-0.25, -0.2) is 4.39 Å².